The monoisotopic (exact) mass is 578 g/mol. The maximum absolute atomic E-state index is 13.9. The van der Waals surface area contributed by atoms with Gasteiger partial charge in [-0.3, -0.25) is 14.4 Å². The van der Waals surface area contributed by atoms with Crippen LogP contribution in [-0.2, 0) is 29.1 Å². The lowest BCUT2D eigenvalue weighted by Crippen LogP contribution is -2.66. The van der Waals surface area contributed by atoms with Gasteiger partial charge in [-0.25, -0.2) is 0 Å². The number of hydrogen-bond donors (Lipinski definition) is 1. The van der Waals surface area contributed by atoms with Crippen molar-refractivity contribution in [3.8, 4) is 5.75 Å². The number of aromatic nitrogens is 1. The summed E-state index contributed by atoms with van der Waals surface area (Å²) in [4.78, 5) is 42.4. The van der Waals surface area contributed by atoms with Gasteiger partial charge in [0.15, 0.2) is 0 Å². The maximum Gasteiger partial charge on any atom is 0.256 e. The molecule has 1 saturated heterocycles. The van der Waals surface area contributed by atoms with Gasteiger partial charge in [-0.2, -0.15) is 0 Å². The highest BCUT2D eigenvalue weighted by Crippen LogP contribution is 2.33. The summed E-state index contributed by atoms with van der Waals surface area (Å²) in [6, 6.07) is 11.5. The van der Waals surface area contributed by atoms with Crippen LogP contribution in [0.2, 0.25) is 0 Å². The quantitative estimate of drug-likeness (QED) is 0.451. The van der Waals surface area contributed by atoms with Gasteiger partial charge in [0.25, 0.3) is 5.91 Å². The van der Waals surface area contributed by atoms with Gasteiger partial charge in [0.05, 0.1) is 24.8 Å². The summed E-state index contributed by atoms with van der Waals surface area (Å²) in [7, 11) is 1.67. The van der Waals surface area contributed by atoms with E-state index in [2.05, 4.69) is 27.8 Å². The third-order valence-electron chi connectivity index (χ3n) is 7.80. The van der Waals surface area contributed by atoms with Crippen molar-refractivity contribution in [1.82, 2.24) is 19.7 Å². The first-order valence-electron chi connectivity index (χ1n) is 12.7. The van der Waals surface area contributed by atoms with E-state index >= 15 is 0 Å². The van der Waals surface area contributed by atoms with Crippen molar-refractivity contribution >= 4 is 44.6 Å². The van der Waals surface area contributed by atoms with Crippen LogP contribution in [0, 0.1) is 6.92 Å². The van der Waals surface area contributed by atoms with Crippen LogP contribution in [-0.4, -0.2) is 64.4 Å². The van der Waals surface area contributed by atoms with E-state index in [0.29, 0.717) is 25.2 Å². The largest absolute Gasteiger partial charge is 0.496 e. The summed E-state index contributed by atoms with van der Waals surface area (Å²) in [6.07, 6.45) is 2.01. The van der Waals surface area contributed by atoms with Crippen molar-refractivity contribution in [2.75, 3.05) is 20.2 Å². The predicted octanol–water partition coefficient (Wildman–Crippen LogP) is 3.82. The highest BCUT2D eigenvalue weighted by molar-refractivity contribution is 9.10. The van der Waals surface area contributed by atoms with Crippen LogP contribution < -0.4 is 10.1 Å². The minimum atomic E-state index is -0.159. The molecule has 0 radical (unpaired) electrons. The fourth-order valence-corrected chi connectivity index (χ4v) is 5.97. The minimum absolute atomic E-state index is 0.0515. The average Bonchev–Trinajstić information content (AvgIpc) is 3.18. The normalized spacial score (nSPS) is 18.5. The number of fused-ring (bicyclic) bond motifs is 2. The van der Waals surface area contributed by atoms with Gasteiger partial charge in [0.1, 0.15) is 12.3 Å². The van der Waals surface area contributed by atoms with Crippen molar-refractivity contribution in [3.63, 3.8) is 0 Å². The van der Waals surface area contributed by atoms with Gasteiger partial charge in [-0.05, 0) is 56.2 Å². The molecule has 2 aromatic carbocycles. The average molecular weight is 579 g/mol. The number of carbonyl (C=O) groups excluding carboxylic acids is 3. The van der Waals surface area contributed by atoms with Gasteiger partial charge < -0.3 is 24.4 Å². The lowest BCUT2D eigenvalue weighted by Gasteiger charge is -2.46. The molecule has 0 bridgehead atoms. The first-order valence-corrected chi connectivity index (χ1v) is 13.5. The highest BCUT2D eigenvalue weighted by atomic mass is 79.9. The van der Waals surface area contributed by atoms with Crippen LogP contribution in [0.3, 0.4) is 0 Å². The zero-order chi connectivity index (χ0) is 27.1. The van der Waals surface area contributed by atoms with E-state index < -0.39 is 0 Å². The molecule has 2 unspecified atom stereocenters. The standard InChI is InChI=1S/C29H31BrN4O4/c1-5-27(36)34-15-23(17(34)2)31-26(35)16-33-18(3)28(22-13-20(30)9-10-24(22)33)29(37)32-12-11-21-19(14-32)7-6-8-25(21)38-4/h5-10,13,17,23H,1,11-12,14-16H2,2-4H3,(H,31,35). The summed E-state index contributed by atoms with van der Waals surface area (Å²) >= 11 is 3.55. The summed E-state index contributed by atoms with van der Waals surface area (Å²) in [6.45, 7) is 8.97. The zero-order valence-corrected chi connectivity index (χ0v) is 23.4. The number of carbonyl (C=O) groups is 3. The summed E-state index contributed by atoms with van der Waals surface area (Å²) in [5.74, 6) is 0.510. The molecule has 38 heavy (non-hydrogen) atoms. The fraction of sp³-hybridized carbons (Fsp3) is 0.345. The number of methoxy groups -OCH3 is 1. The molecular formula is C29H31BrN4O4. The summed E-state index contributed by atoms with van der Waals surface area (Å²) < 4.78 is 8.29. The first kappa shape index (κ1) is 26.0. The Labute approximate surface area is 230 Å². The molecule has 1 aromatic heterocycles. The molecule has 5 rings (SSSR count). The topological polar surface area (TPSA) is 83.9 Å². The zero-order valence-electron chi connectivity index (χ0n) is 21.8. The smallest absolute Gasteiger partial charge is 0.256 e. The van der Waals surface area contributed by atoms with Gasteiger partial charge >= 0.3 is 0 Å². The molecule has 9 heteroatoms. The Kier molecular flexibility index (Phi) is 7.05. The Morgan fingerprint density at radius 2 is 2.03 bits per heavy atom. The predicted molar refractivity (Wildman–Crippen MR) is 149 cm³/mol. The molecule has 2 aliphatic rings. The van der Waals surface area contributed by atoms with E-state index in [1.165, 1.54) is 6.08 Å². The number of nitrogens with zero attached hydrogens (tertiary/aromatic N) is 3. The van der Waals surface area contributed by atoms with Crippen LogP contribution >= 0.6 is 15.9 Å². The first-order chi connectivity index (χ1) is 18.2. The van der Waals surface area contributed by atoms with E-state index in [0.717, 1.165) is 44.4 Å². The van der Waals surface area contributed by atoms with E-state index in [-0.39, 0.29) is 36.3 Å². The molecule has 1 fully saturated rings. The fourth-order valence-electron chi connectivity index (χ4n) is 5.61. The van der Waals surface area contributed by atoms with E-state index in [9.17, 15) is 14.4 Å². The van der Waals surface area contributed by atoms with Gasteiger partial charge in [-0.1, -0.05) is 34.6 Å². The molecule has 2 aliphatic heterocycles. The van der Waals surface area contributed by atoms with Crippen LogP contribution in [0.15, 0.2) is 53.5 Å². The second-order valence-corrected chi connectivity index (χ2v) is 10.8. The van der Waals surface area contributed by atoms with E-state index in [4.69, 9.17) is 4.74 Å². The Bertz CT molecular complexity index is 1460. The number of amides is 3. The number of benzene rings is 2. The lowest BCUT2D eigenvalue weighted by atomic mass is 9.97. The Hall–Kier alpha value is -3.59. The Balaban J connectivity index is 1.40. The molecule has 3 amide bonds. The molecule has 0 aliphatic carbocycles. The van der Waals surface area contributed by atoms with Crippen LogP contribution in [0.25, 0.3) is 10.9 Å². The minimum Gasteiger partial charge on any atom is -0.496 e. The van der Waals surface area contributed by atoms with E-state index in [1.54, 1.807) is 12.0 Å². The molecule has 3 aromatic rings. The Morgan fingerprint density at radius 3 is 2.74 bits per heavy atom. The SMILES string of the molecule is C=CC(=O)N1CC(NC(=O)Cn2c(C)c(C(=O)N3CCc4c(cccc4OC)C3)c3cc(Br)ccc32)C1C. The van der Waals surface area contributed by atoms with Gasteiger partial charge in [0.2, 0.25) is 11.8 Å². The molecule has 0 saturated carbocycles. The molecule has 1 N–H and O–H groups in total. The molecule has 198 valence electrons. The molecule has 0 spiro atoms. The number of ether oxygens (including phenoxy) is 1. The van der Waals surface area contributed by atoms with Crippen LogP contribution in [0.5, 0.6) is 5.75 Å². The van der Waals surface area contributed by atoms with Crippen molar-refractivity contribution in [2.45, 2.75) is 45.4 Å². The Morgan fingerprint density at radius 1 is 1.24 bits per heavy atom. The van der Waals surface area contributed by atoms with Crippen molar-refractivity contribution in [1.29, 1.82) is 0 Å². The van der Waals surface area contributed by atoms with Crippen LogP contribution in [0.1, 0.15) is 34.1 Å². The van der Waals surface area contributed by atoms with Crippen molar-refractivity contribution < 1.29 is 19.1 Å². The van der Waals surface area contributed by atoms with Crippen molar-refractivity contribution in [3.05, 3.63) is 75.9 Å². The number of rotatable bonds is 6. The van der Waals surface area contributed by atoms with Gasteiger partial charge in [-0.15, -0.1) is 0 Å². The third kappa shape index (κ3) is 4.49. The third-order valence-corrected chi connectivity index (χ3v) is 8.30. The number of likely N-dealkylation sites (tertiary alicyclic amines) is 1. The highest BCUT2D eigenvalue weighted by Gasteiger charge is 2.38. The van der Waals surface area contributed by atoms with E-state index in [1.807, 2.05) is 59.7 Å². The van der Waals surface area contributed by atoms with Gasteiger partial charge in [0, 0.05) is 46.3 Å². The number of nitrogens with one attached hydrogen (secondary N) is 1. The van der Waals surface area contributed by atoms with Crippen molar-refractivity contribution in [2.24, 2.45) is 0 Å². The molecule has 8 nitrogen and oxygen atoms in total. The molecule has 3 heterocycles. The summed E-state index contributed by atoms with van der Waals surface area (Å²) in [5, 5.41) is 3.86. The molecular weight excluding hydrogens is 548 g/mol. The number of hydrogen-bond acceptors (Lipinski definition) is 4. The second kappa shape index (κ2) is 10.3. The van der Waals surface area contributed by atoms with Crippen LogP contribution in [0.4, 0.5) is 0 Å². The second-order valence-electron chi connectivity index (χ2n) is 9.89. The molecule has 2 atom stereocenters. The lowest BCUT2D eigenvalue weighted by molar-refractivity contribution is -0.138. The number of halogens is 1. The maximum atomic E-state index is 13.9. The summed E-state index contributed by atoms with van der Waals surface area (Å²) in [5.41, 5.74) is 4.43.